The first-order chi connectivity index (χ1) is 12.8. The number of nitrogens with zero attached hydrogens (tertiary/aromatic N) is 2. The van der Waals surface area contributed by atoms with E-state index in [2.05, 4.69) is 41.4 Å². The minimum absolute atomic E-state index is 0. The highest BCUT2D eigenvalue weighted by Gasteiger charge is 2.19. The van der Waals surface area contributed by atoms with E-state index in [-0.39, 0.29) is 29.4 Å². The average molecular weight is 521 g/mol. The van der Waals surface area contributed by atoms with Crippen LogP contribution >= 0.6 is 35.6 Å². The van der Waals surface area contributed by atoms with E-state index in [0.717, 1.165) is 36.0 Å². The fourth-order valence-electron chi connectivity index (χ4n) is 2.39. The van der Waals surface area contributed by atoms with Crippen molar-refractivity contribution in [3.63, 3.8) is 0 Å². The lowest BCUT2D eigenvalue weighted by molar-refractivity contribution is 0.383. The first-order valence-electron chi connectivity index (χ1n) is 9.13. The molecule has 8 heteroatoms. The van der Waals surface area contributed by atoms with Crippen LogP contribution in [-0.2, 0) is 18.4 Å². The molecule has 28 heavy (non-hydrogen) atoms. The van der Waals surface area contributed by atoms with Crippen molar-refractivity contribution in [3.05, 3.63) is 46.6 Å². The molecule has 1 aromatic carbocycles. The second-order valence-electron chi connectivity index (χ2n) is 7.20. The summed E-state index contributed by atoms with van der Waals surface area (Å²) in [5.74, 6) is 2.94. The number of ether oxygens (including phenoxy) is 1. The zero-order valence-electron chi connectivity index (χ0n) is 17.1. The van der Waals surface area contributed by atoms with Gasteiger partial charge < -0.3 is 19.8 Å². The van der Waals surface area contributed by atoms with Crippen LogP contribution in [0.5, 0.6) is 5.75 Å². The van der Waals surface area contributed by atoms with Gasteiger partial charge >= 0.3 is 0 Å². The standard InChI is InChI=1S/C20H29ClN4O2.HI/c1-6-22-19(25-13-18-24-12-17(27-18)20(2,3)4)23-10-9-14-7-8-15(26-5)11-16(14)21;/h7-8,11-12H,6,9-10,13H2,1-5H3,(H2,22,23,25);1H. The van der Waals surface area contributed by atoms with Gasteiger partial charge in [0, 0.05) is 23.5 Å². The van der Waals surface area contributed by atoms with E-state index in [4.69, 9.17) is 20.8 Å². The van der Waals surface area contributed by atoms with Crippen LogP contribution in [0.2, 0.25) is 5.02 Å². The smallest absolute Gasteiger partial charge is 0.216 e. The topological polar surface area (TPSA) is 71.7 Å². The Morgan fingerprint density at radius 1 is 1.29 bits per heavy atom. The molecule has 0 aliphatic carbocycles. The Labute approximate surface area is 189 Å². The van der Waals surface area contributed by atoms with Gasteiger partial charge in [-0.3, -0.25) is 0 Å². The Balaban J connectivity index is 0.00000392. The number of aromatic nitrogens is 1. The Morgan fingerprint density at radius 3 is 2.61 bits per heavy atom. The molecule has 6 nitrogen and oxygen atoms in total. The Hall–Kier alpha value is -1.48. The summed E-state index contributed by atoms with van der Waals surface area (Å²) in [5.41, 5.74) is 0.998. The summed E-state index contributed by atoms with van der Waals surface area (Å²) in [6.45, 7) is 10.2. The molecule has 0 spiro atoms. The summed E-state index contributed by atoms with van der Waals surface area (Å²) < 4.78 is 11.0. The number of guanidine groups is 1. The second kappa shape index (κ2) is 11.5. The van der Waals surface area contributed by atoms with Gasteiger partial charge in [0.1, 0.15) is 18.1 Å². The van der Waals surface area contributed by atoms with Gasteiger partial charge in [0.05, 0.1) is 13.3 Å². The highest BCUT2D eigenvalue weighted by atomic mass is 127. The van der Waals surface area contributed by atoms with Crippen LogP contribution in [-0.4, -0.2) is 31.1 Å². The number of rotatable bonds is 7. The molecule has 0 fully saturated rings. The van der Waals surface area contributed by atoms with E-state index in [1.165, 1.54) is 0 Å². The molecule has 2 aromatic rings. The van der Waals surface area contributed by atoms with Crippen molar-refractivity contribution in [2.24, 2.45) is 4.99 Å². The number of hydrogen-bond acceptors (Lipinski definition) is 4. The lowest BCUT2D eigenvalue weighted by Gasteiger charge is -2.13. The van der Waals surface area contributed by atoms with Crippen molar-refractivity contribution >= 4 is 41.5 Å². The van der Waals surface area contributed by atoms with Crippen LogP contribution in [0.3, 0.4) is 0 Å². The third-order valence-corrected chi connectivity index (χ3v) is 4.31. The van der Waals surface area contributed by atoms with Gasteiger partial charge in [0.2, 0.25) is 5.89 Å². The molecule has 0 radical (unpaired) electrons. The molecule has 156 valence electrons. The summed E-state index contributed by atoms with van der Waals surface area (Å²) in [4.78, 5) is 8.86. The lowest BCUT2D eigenvalue weighted by atomic mass is 9.94. The van der Waals surface area contributed by atoms with E-state index in [0.29, 0.717) is 24.0 Å². The summed E-state index contributed by atoms with van der Waals surface area (Å²) in [5, 5.41) is 7.24. The number of oxazole rings is 1. The number of benzene rings is 1. The largest absolute Gasteiger partial charge is 0.497 e. The second-order valence-corrected chi connectivity index (χ2v) is 7.60. The Bertz CT molecular complexity index is 772. The van der Waals surface area contributed by atoms with Gasteiger partial charge in [-0.2, -0.15) is 0 Å². The fourth-order valence-corrected chi connectivity index (χ4v) is 2.66. The third-order valence-electron chi connectivity index (χ3n) is 3.96. The van der Waals surface area contributed by atoms with Crippen LogP contribution < -0.4 is 15.4 Å². The van der Waals surface area contributed by atoms with Gasteiger partial charge in [-0.15, -0.1) is 24.0 Å². The number of aliphatic imine (C=N–C) groups is 1. The Kier molecular flexibility index (Phi) is 10.1. The van der Waals surface area contributed by atoms with Crippen LogP contribution in [0.15, 0.2) is 33.8 Å². The summed E-state index contributed by atoms with van der Waals surface area (Å²) in [7, 11) is 1.63. The summed E-state index contributed by atoms with van der Waals surface area (Å²) >= 11 is 6.29. The minimum atomic E-state index is -0.0602. The average Bonchev–Trinajstić information content (AvgIpc) is 3.10. The van der Waals surface area contributed by atoms with Crippen LogP contribution in [0, 0.1) is 0 Å². The summed E-state index contributed by atoms with van der Waals surface area (Å²) in [6.07, 6.45) is 2.55. The maximum Gasteiger partial charge on any atom is 0.216 e. The van der Waals surface area contributed by atoms with Crippen LogP contribution in [0.1, 0.15) is 44.9 Å². The number of methoxy groups -OCH3 is 1. The van der Waals surface area contributed by atoms with E-state index in [1.807, 2.05) is 25.1 Å². The minimum Gasteiger partial charge on any atom is -0.497 e. The van der Waals surface area contributed by atoms with Crippen molar-refractivity contribution in [2.75, 3.05) is 20.2 Å². The molecule has 0 bridgehead atoms. The number of nitrogens with one attached hydrogen (secondary N) is 2. The molecule has 0 aliphatic rings. The van der Waals surface area contributed by atoms with Crippen molar-refractivity contribution in [3.8, 4) is 5.75 Å². The van der Waals surface area contributed by atoms with Crippen LogP contribution in [0.25, 0.3) is 0 Å². The van der Waals surface area contributed by atoms with Crippen molar-refractivity contribution in [1.29, 1.82) is 0 Å². The van der Waals surface area contributed by atoms with Gasteiger partial charge in [0.15, 0.2) is 5.96 Å². The van der Waals surface area contributed by atoms with Crippen molar-refractivity contribution < 1.29 is 9.15 Å². The first-order valence-corrected chi connectivity index (χ1v) is 9.51. The summed E-state index contributed by atoms with van der Waals surface area (Å²) in [6, 6.07) is 5.72. The molecule has 0 aliphatic heterocycles. The zero-order valence-corrected chi connectivity index (χ0v) is 20.2. The molecular weight excluding hydrogens is 491 g/mol. The molecule has 2 N–H and O–H groups in total. The fraction of sp³-hybridized carbons (Fsp3) is 0.500. The predicted octanol–water partition coefficient (Wildman–Crippen LogP) is 4.55. The molecule has 1 aromatic heterocycles. The van der Waals surface area contributed by atoms with Gasteiger partial charge in [-0.25, -0.2) is 9.98 Å². The molecule has 0 amide bonds. The predicted molar refractivity (Wildman–Crippen MR) is 125 cm³/mol. The quantitative estimate of drug-likeness (QED) is 0.318. The van der Waals surface area contributed by atoms with Gasteiger partial charge in [0.25, 0.3) is 0 Å². The van der Waals surface area contributed by atoms with E-state index >= 15 is 0 Å². The maximum atomic E-state index is 6.29. The zero-order chi connectivity index (χ0) is 19.9. The monoisotopic (exact) mass is 520 g/mol. The van der Waals surface area contributed by atoms with E-state index in [1.54, 1.807) is 13.3 Å². The Morgan fingerprint density at radius 2 is 2.04 bits per heavy atom. The maximum absolute atomic E-state index is 6.29. The SMILES string of the molecule is CCNC(=NCc1ncc(C(C)(C)C)o1)NCCc1ccc(OC)cc1Cl.I. The van der Waals surface area contributed by atoms with Crippen LogP contribution in [0.4, 0.5) is 0 Å². The van der Waals surface area contributed by atoms with E-state index in [9.17, 15) is 0 Å². The molecule has 0 saturated carbocycles. The molecular formula is C20H30ClIN4O2. The number of hydrogen-bond donors (Lipinski definition) is 2. The van der Waals surface area contributed by atoms with E-state index < -0.39 is 0 Å². The first kappa shape index (κ1) is 24.6. The molecule has 0 atom stereocenters. The molecule has 0 saturated heterocycles. The molecule has 2 rings (SSSR count). The number of halogens is 2. The van der Waals surface area contributed by atoms with Gasteiger partial charge in [-0.1, -0.05) is 38.4 Å². The van der Waals surface area contributed by atoms with Crippen molar-refractivity contribution in [1.82, 2.24) is 15.6 Å². The lowest BCUT2D eigenvalue weighted by Crippen LogP contribution is -2.38. The molecule has 0 unspecified atom stereocenters. The third kappa shape index (κ3) is 7.50. The highest BCUT2D eigenvalue weighted by molar-refractivity contribution is 14.0. The normalized spacial score (nSPS) is 11.7. The molecule has 1 heterocycles. The van der Waals surface area contributed by atoms with Gasteiger partial charge in [-0.05, 0) is 31.0 Å². The highest BCUT2D eigenvalue weighted by Crippen LogP contribution is 2.23. The van der Waals surface area contributed by atoms with Crippen molar-refractivity contribution in [2.45, 2.75) is 46.1 Å².